The van der Waals surface area contributed by atoms with Crippen LogP contribution in [0.15, 0.2) is 84.3 Å². The van der Waals surface area contributed by atoms with Crippen molar-refractivity contribution in [1.29, 1.82) is 0 Å². The first-order chi connectivity index (χ1) is 19.0. The molecule has 1 aliphatic heterocycles. The average Bonchev–Trinajstić information content (AvgIpc) is 3.41. The van der Waals surface area contributed by atoms with Crippen LogP contribution in [0.3, 0.4) is 0 Å². The summed E-state index contributed by atoms with van der Waals surface area (Å²) in [6.45, 7) is 4.47. The van der Waals surface area contributed by atoms with Gasteiger partial charge in [-0.1, -0.05) is 35.9 Å². The minimum absolute atomic E-state index is 0.270. The molecule has 1 amide bonds. The van der Waals surface area contributed by atoms with Crippen molar-refractivity contribution in [3.05, 3.63) is 100 Å². The minimum atomic E-state index is -0.557. The summed E-state index contributed by atoms with van der Waals surface area (Å²) in [5, 5.41) is 11.2. The van der Waals surface area contributed by atoms with Crippen LogP contribution in [0, 0.1) is 0 Å². The lowest BCUT2D eigenvalue weighted by atomic mass is 9.94. The van der Waals surface area contributed by atoms with Crippen LogP contribution in [0.4, 0.5) is 11.6 Å². The van der Waals surface area contributed by atoms with Gasteiger partial charge in [0.25, 0.3) is 5.91 Å². The number of ether oxygens (including phenoxy) is 3. The number of amides is 1. The number of benzene rings is 3. The molecule has 1 aliphatic rings. The first-order valence-electron chi connectivity index (χ1n) is 12.4. The average molecular weight is 546 g/mol. The molecular formula is C29H28ClN5O4. The van der Waals surface area contributed by atoms with Crippen molar-refractivity contribution in [2.24, 2.45) is 0 Å². The first-order valence-corrected chi connectivity index (χ1v) is 12.8. The fourth-order valence-corrected chi connectivity index (χ4v) is 4.61. The lowest BCUT2D eigenvalue weighted by Crippen LogP contribution is -2.31. The number of nitrogens with zero attached hydrogens (tertiary/aromatic N) is 3. The molecule has 0 radical (unpaired) electrons. The van der Waals surface area contributed by atoms with Crippen LogP contribution in [0.2, 0.25) is 5.02 Å². The van der Waals surface area contributed by atoms with Crippen molar-refractivity contribution in [2.75, 3.05) is 24.4 Å². The molecule has 3 aromatic carbocycles. The van der Waals surface area contributed by atoms with Gasteiger partial charge in [-0.15, -0.1) is 0 Å². The normalized spacial score (nSPS) is 14.3. The lowest BCUT2D eigenvalue weighted by molar-refractivity contribution is -0.113. The smallest absolute Gasteiger partial charge is 0.255 e. The monoisotopic (exact) mass is 545 g/mol. The summed E-state index contributed by atoms with van der Waals surface area (Å²) in [6.07, 6.45) is 1.46. The van der Waals surface area contributed by atoms with E-state index in [0.717, 1.165) is 11.1 Å². The van der Waals surface area contributed by atoms with Crippen LogP contribution >= 0.6 is 11.6 Å². The zero-order valence-corrected chi connectivity index (χ0v) is 22.5. The fourth-order valence-electron chi connectivity index (χ4n) is 4.42. The van der Waals surface area contributed by atoms with Crippen molar-refractivity contribution in [2.45, 2.75) is 26.5 Å². The maximum Gasteiger partial charge on any atom is 0.255 e. The van der Waals surface area contributed by atoms with Gasteiger partial charge in [-0.3, -0.25) is 4.79 Å². The zero-order valence-electron chi connectivity index (χ0n) is 21.8. The van der Waals surface area contributed by atoms with Gasteiger partial charge < -0.3 is 24.8 Å². The van der Waals surface area contributed by atoms with E-state index < -0.39 is 6.04 Å². The number of hydrogen-bond donors (Lipinski definition) is 2. The maximum absolute atomic E-state index is 13.6. The molecule has 0 spiro atoms. The third-order valence-corrected chi connectivity index (χ3v) is 6.68. The molecule has 0 unspecified atom stereocenters. The zero-order chi connectivity index (χ0) is 27.4. The summed E-state index contributed by atoms with van der Waals surface area (Å²) in [6, 6.07) is 19.8. The van der Waals surface area contributed by atoms with Crippen LogP contribution in [-0.2, 0) is 11.4 Å². The highest BCUT2D eigenvalue weighted by atomic mass is 35.5. The van der Waals surface area contributed by atoms with Gasteiger partial charge in [0.1, 0.15) is 24.7 Å². The number of carbonyl (C=O) groups excluding carboxylic acids is 1. The predicted octanol–water partition coefficient (Wildman–Crippen LogP) is 5.85. The Morgan fingerprint density at radius 2 is 1.87 bits per heavy atom. The van der Waals surface area contributed by atoms with Crippen molar-refractivity contribution in [3.63, 3.8) is 0 Å². The van der Waals surface area contributed by atoms with Gasteiger partial charge in [0.05, 0.1) is 19.3 Å². The number of rotatable bonds is 9. The number of anilines is 2. The largest absolute Gasteiger partial charge is 0.497 e. The van der Waals surface area contributed by atoms with Crippen molar-refractivity contribution in [1.82, 2.24) is 14.8 Å². The Labute approximate surface area is 231 Å². The highest BCUT2D eigenvalue weighted by Gasteiger charge is 2.34. The standard InChI is InChI=1S/C29H28ClN5O4/c1-4-38-25-15-19(9-14-24(25)39-16-20-7-5-6-8-23(20)30)27-26(18(2)33-29-31-17-32-35(27)29)28(36)34-21-10-12-22(37-3)13-11-21/h5-15,17,27H,4,16H2,1-3H3,(H,34,36)(H,31,32,33)/t27-/m1/s1. The van der Waals surface area contributed by atoms with Gasteiger partial charge >= 0.3 is 0 Å². The Balaban J connectivity index is 1.48. The highest BCUT2D eigenvalue weighted by molar-refractivity contribution is 6.31. The van der Waals surface area contributed by atoms with Crippen molar-refractivity contribution < 1.29 is 19.0 Å². The van der Waals surface area contributed by atoms with Gasteiger partial charge in [-0.05, 0) is 61.9 Å². The number of fused-ring (bicyclic) bond motifs is 1. The summed E-state index contributed by atoms with van der Waals surface area (Å²) < 4.78 is 18.9. The minimum Gasteiger partial charge on any atom is -0.497 e. The molecule has 0 bridgehead atoms. The van der Waals surface area contributed by atoms with E-state index in [1.54, 1.807) is 36.1 Å². The van der Waals surface area contributed by atoms with E-state index in [4.69, 9.17) is 25.8 Å². The van der Waals surface area contributed by atoms with Crippen LogP contribution in [0.5, 0.6) is 17.2 Å². The summed E-state index contributed by atoms with van der Waals surface area (Å²) in [7, 11) is 1.60. The summed E-state index contributed by atoms with van der Waals surface area (Å²) in [4.78, 5) is 18.0. The molecule has 1 aromatic heterocycles. The first kappa shape index (κ1) is 26.1. The van der Waals surface area contributed by atoms with Crippen LogP contribution in [0.25, 0.3) is 0 Å². The molecule has 4 aromatic rings. The topological polar surface area (TPSA) is 99.5 Å². The molecule has 10 heteroatoms. The molecule has 0 aliphatic carbocycles. The predicted molar refractivity (Wildman–Crippen MR) is 150 cm³/mol. The third kappa shape index (κ3) is 5.53. The molecule has 0 fully saturated rings. The Kier molecular flexibility index (Phi) is 7.69. The molecule has 5 rings (SSSR count). The molecule has 0 saturated heterocycles. The number of halogens is 1. The molecule has 39 heavy (non-hydrogen) atoms. The summed E-state index contributed by atoms with van der Waals surface area (Å²) in [5.74, 6) is 2.09. The number of carbonyl (C=O) groups is 1. The van der Waals surface area contributed by atoms with Gasteiger partial charge in [0, 0.05) is 22.0 Å². The van der Waals surface area contributed by atoms with E-state index in [-0.39, 0.29) is 12.5 Å². The molecule has 2 heterocycles. The number of methoxy groups -OCH3 is 1. The second-order valence-corrected chi connectivity index (χ2v) is 9.20. The van der Waals surface area contributed by atoms with Gasteiger partial charge in [0.15, 0.2) is 11.5 Å². The second kappa shape index (κ2) is 11.5. The summed E-state index contributed by atoms with van der Waals surface area (Å²) in [5.41, 5.74) is 3.46. The number of allylic oxidation sites excluding steroid dienone is 1. The van der Waals surface area contributed by atoms with Crippen molar-refractivity contribution in [3.8, 4) is 17.2 Å². The van der Waals surface area contributed by atoms with E-state index >= 15 is 0 Å². The highest BCUT2D eigenvalue weighted by Crippen LogP contribution is 2.39. The Morgan fingerprint density at radius 1 is 1.08 bits per heavy atom. The van der Waals surface area contributed by atoms with E-state index in [1.807, 2.05) is 56.3 Å². The number of aromatic nitrogens is 3. The van der Waals surface area contributed by atoms with Gasteiger partial charge in [-0.2, -0.15) is 10.1 Å². The van der Waals surface area contributed by atoms with Gasteiger partial charge in [-0.25, -0.2) is 4.68 Å². The van der Waals surface area contributed by atoms with Crippen molar-refractivity contribution >= 4 is 29.1 Å². The molecule has 0 saturated carbocycles. The quantitative estimate of drug-likeness (QED) is 0.272. The Morgan fingerprint density at radius 3 is 2.62 bits per heavy atom. The summed E-state index contributed by atoms with van der Waals surface area (Å²) >= 11 is 6.31. The van der Waals surface area contributed by atoms with Crippen LogP contribution in [0.1, 0.15) is 31.0 Å². The van der Waals surface area contributed by atoms with Gasteiger partial charge in [0.2, 0.25) is 5.95 Å². The second-order valence-electron chi connectivity index (χ2n) is 8.80. The Hall–Kier alpha value is -4.50. The molecule has 9 nitrogen and oxygen atoms in total. The van der Waals surface area contributed by atoms with E-state index in [2.05, 4.69) is 20.7 Å². The Bertz CT molecular complexity index is 1520. The lowest BCUT2D eigenvalue weighted by Gasteiger charge is -2.29. The maximum atomic E-state index is 13.6. The SMILES string of the molecule is CCOc1cc([C@@H]2C(C(=O)Nc3ccc(OC)cc3)=C(C)Nc3ncnn32)ccc1OCc1ccccc1Cl. The molecule has 200 valence electrons. The molecular weight excluding hydrogens is 518 g/mol. The fraction of sp³-hybridized carbons (Fsp3) is 0.207. The molecule has 1 atom stereocenters. The number of hydrogen-bond acceptors (Lipinski definition) is 7. The van der Waals surface area contributed by atoms with E-state index in [0.29, 0.717) is 51.8 Å². The van der Waals surface area contributed by atoms with E-state index in [9.17, 15) is 4.79 Å². The third-order valence-electron chi connectivity index (χ3n) is 6.31. The van der Waals surface area contributed by atoms with Crippen LogP contribution in [-0.4, -0.2) is 34.4 Å². The molecule has 2 N–H and O–H groups in total. The van der Waals surface area contributed by atoms with Crippen LogP contribution < -0.4 is 24.8 Å². The van der Waals surface area contributed by atoms with E-state index in [1.165, 1.54) is 6.33 Å². The number of nitrogens with one attached hydrogen (secondary N) is 2.